The van der Waals surface area contributed by atoms with Crippen LogP contribution >= 0.6 is 0 Å². The van der Waals surface area contributed by atoms with E-state index in [9.17, 15) is 4.79 Å². The van der Waals surface area contributed by atoms with Crippen LogP contribution in [-0.2, 0) is 4.79 Å². The van der Waals surface area contributed by atoms with E-state index in [1.165, 1.54) is 0 Å². The first-order valence-electron chi connectivity index (χ1n) is 7.91. The molecule has 2 aromatic heterocycles. The number of pyridine rings is 1. The summed E-state index contributed by atoms with van der Waals surface area (Å²) in [7, 11) is 0. The van der Waals surface area contributed by atoms with Gasteiger partial charge < -0.3 is 9.84 Å². The van der Waals surface area contributed by atoms with Crippen molar-refractivity contribution in [1.82, 2.24) is 15.1 Å². The Bertz CT molecular complexity index is 815. The summed E-state index contributed by atoms with van der Waals surface area (Å²) in [6.45, 7) is 2.06. The Hall–Kier alpha value is -3.02. The molecule has 0 aliphatic rings. The molecule has 1 aromatic carbocycles. The summed E-state index contributed by atoms with van der Waals surface area (Å²) in [4.78, 5) is 20.5. The number of unbranched alkanes of at least 4 members (excludes halogenated alkanes) is 1. The van der Waals surface area contributed by atoms with Gasteiger partial charge in [-0.25, -0.2) is 0 Å². The standard InChI is InChI=1S/C18H18N4O2/c1-2-3-10-16(23)20-15-9-5-4-8-14(15)18-21-17(22-24-18)13-7-6-11-19-12-13/h4-9,11-12H,2-3,10H2,1H3,(H,20,23). The Morgan fingerprint density at radius 3 is 2.88 bits per heavy atom. The van der Waals surface area contributed by atoms with Crippen LogP contribution in [0.5, 0.6) is 0 Å². The first-order valence-corrected chi connectivity index (χ1v) is 7.91. The Labute approximate surface area is 139 Å². The summed E-state index contributed by atoms with van der Waals surface area (Å²) in [6, 6.07) is 11.1. The van der Waals surface area contributed by atoms with Crippen molar-refractivity contribution in [1.29, 1.82) is 0 Å². The van der Waals surface area contributed by atoms with Gasteiger partial charge in [-0.05, 0) is 30.7 Å². The molecule has 0 atom stereocenters. The number of carbonyl (C=O) groups is 1. The number of carbonyl (C=O) groups excluding carboxylic acids is 1. The molecular weight excluding hydrogens is 304 g/mol. The molecule has 24 heavy (non-hydrogen) atoms. The van der Waals surface area contributed by atoms with Crippen molar-refractivity contribution in [3.8, 4) is 22.8 Å². The van der Waals surface area contributed by atoms with E-state index in [0.29, 0.717) is 29.4 Å². The van der Waals surface area contributed by atoms with Crippen molar-refractivity contribution in [2.24, 2.45) is 0 Å². The quantitative estimate of drug-likeness (QED) is 0.743. The van der Waals surface area contributed by atoms with Gasteiger partial charge in [-0.1, -0.05) is 30.6 Å². The van der Waals surface area contributed by atoms with Crippen LogP contribution in [0.1, 0.15) is 26.2 Å². The van der Waals surface area contributed by atoms with E-state index in [0.717, 1.165) is 18.4 Å². The van der Waals surface area contributed by atoms with Crippen molar-refractivity contribution >= 4 is 11.6 Å². The second kappa shape index (κ2) is 7.50. The predicted molar refractivity (Wildman–Crippen MR) is 91.1 cm³/mol. The molecule has 6 heteroatoms. The first-order chi connectivity index (χ1) is 11.8. The van der Waals surface area contributed by atoms with Gasteiger partial charge in [0.05, 0.1) is 11.3 Å². The van der Waals surface area contributed by atoms with Gasteiger partial charge in [-0.2, -0.15) is 4.98 Å². The predicted octanol–water partition coefficient (Wildman–Crippen LogP) is 3.93. The molecule has 0 saturated carbocycles. The second-order valence-electron chi connectivity index (χ2n) is 5.36. The summed E-state index contributed by atoms with van der Waals surface area (Å²) >= 11 is 0. The third-order valence-electron chi connectivity index (χ3n) is 3.53. The van der Waals surface area contributed by atoms with E-state index in [1.807, 2.05) is 36.4 Å². The van der Waals surface area contributed by atoms with Gasteiger partial charge in [0.2, 0.25) is 11.7 Å². The highest BCUT2D eigenvalue weighted by Crippen LogP contribution is 2.28. The Morgan fingerprint density at radius 1 is 1.21 bits per heavy atom. The van der Waals surface area contributed by atoms with E-state index in [4.69, 9.17) is 4.52 Å². The number of para-hydroxylation sites is 1. The van der Waals surface area contributed by atoms with Crippen LogP contribution in [0.4, 0.5) is 5.69 Å². The van der Waals surface area contributed by atoms with Crippen LogP contribution < -0.4 is 5.32 Å². The molecule has 0 unspecified atom stereocenters. The Kier molecular flexibility index (Phi) is 4.96. The molecule has 0 aliphatic heterocycles. The summed E-state index contributed by atoms with van der Waals surface area (Å²) in [5, 5.41) is 6.91. The zero-order chi connectivity index (χ0) is 16.8. The summed E-state index contributed by atoms with van der Waals surface area (Å²) in [5.74, 6) is 0.807. The fourth-order valence-corrected chi connectivity index (χ4v) is 2.27. The molecule has 3 rings (SSSR count). The van der Waals surface area contributed by atoms with Crippen LogP contribution in [0.2, 0.25) is 0 Å². The lowest BCUT2D eigenvalue weighted by molar-refractivity contribution is -0.116. The molecule has 1 amide bonds. The monoisotopic (exact) mass is 322 g/mol. The Morgan fingerprint density at radius 2 is 2.08 bits per heavy atom. The van der Waals surface area contributed by atoms with Gasteiger partial charge >= 0.3 is 0 Å². The topological polar surface area (TPSA) is 80.9 Å². The van der Waals surface area contributed by atoms with Crippen LogP contribution in [0.25, 0.3) is 22.8 Å². The lowest BCUT2D eigenvalue weighted by Crippen LogP contribution is -2.11. The van der Waals surface area contributed by atoms with Crippen molar-refractivity contribution in [2.45, 2.75) is 26.2 Å². The average molecular weight is 322 g/mol. The van der Waals surface area contributed by atoms with Gasteiger partial charge in [-0.15, -0.1) is 0 Å². The van der Waals surface area contributed by atoms with Crippen LogP contribution in [0.3, 0.4) is 0 Å². The number of rotatable bonds is 6. The summed E-state index contributed by atoms with van der Waals surface area (Å²) in [5.41, 5.74) is 2.14. The zero-order valence-electron chi connectivity index (χ0n) is 13.4. The molecule has 3 aromatic rings. The van der Waals surface area contributed by atoms with E-state index < -0.39 is 0 Å². The van der Waals surface area contributed by atoms with Gasteiger partial charge in [0.1, 0.15) is 0 Å². The Balaban J connectivity index is 1.85. The van der Waals surface area contributed by atoms with Crippen molar-refractivity contribution in [2.75, 3.05) is 5.32 Å². The van der Waals surface area contributed by atoms with Crippen LogP contribution in [0, 0.1) is 0 Å². The highest BCUT2D eigenvalue weighted by atomic mass is 16.5. The minimum atomic E-state index is -0.0173. The summed E-state index contributed by atoms with van der Waals surface area (Å²) < 4.78 is 5.37. The molecule has 0 spiro atoms. The van der Waals surface area contributed by atoms with E-state index >= 15 is 0 Å². The van der Waals surface area contributed by atoms with Crippen molar-refractivity contribution < 1.29 is 9.32 Å². The third kappa shape index (κ3) is 3.65. The molecule has 0 saturated heterocycles. The summed E-state index contributed by atoms with van der Waals surface area (Å²) in [6.07, 6.45) is 5.70. The minimum absolute atomic E-state index is 0.0173. The molecule has 6 nitrogen and oxygen atoms in total. The highest BCUT2D eigenvalue weighted by Gasteiger charge is 2.15. The SMILES string of the molecule is CCCCC(=O)Nc1ccccc1-c1nc(-c2cccnc2)no1. The number of amides is 1. The smallest absolute Gasteiger partial charge is 0.260 e. The first kappa shape index (κ1) is 15.9. The van der Waals surface area contributed by atoms with E-state index in [-0.39, 0.29) is 5.91 Å². The van der Waals surface area contributed by atoms with Gasteiger partial charge in [0.25, 0.3) is 5.89 Å². The fraction of sp³-hybridized carbons (Fsp3) is 0.222. The molecule has 122 valence electrons. The molecule has 0 bridgehead atoms. The maximum atomic E-state index is 12.0. The maximum absolute atomic E-state index is 12.0. The van der Waals surface area contributed by atoms with Gasteiger partial charge in [-0.3, -0.25) is 9.78 Å². The highest BCUT2D eigenvalue weighted by molar-refractivity contribution is 5.94. The van der Waals surface area contributed by atoms with Gasteiger partial charge in [0.15, 0.2) is 0 Å². The number of hydrogen-bond acceptors (Lipinski definition) is 5. The van der Waals surface area contributed by atoms with Crippen molar-refractivity contribution in [3.05, 3.63) is 48.8 Å². The van der Waals surface area contributed by atoms with E-state index in [1.54, 1.807) is 12.4 Å². The third-order valence-corrected chi connectivity index (χ3v) is 3.53. The lowest BCUT2D eigenvalue weighted by atomic mass is 10.1. The molecule has 2 heterocycles. The molecule has 1 N–H and O–H groups in total. The maximum Gasteiger partial charge on any atom is 0.260 e. The average Bonchev–Trinajstić information content (AvgIpc) is 3.11. The van der Waals surface area contributed by atoms with E-state index in [2.05, 4.69) is 27.4 Å². The number of anilines is 1. The largest absolute Gasteiger partial charge is 0.334 e. The minimum Gasteiger partial charge on any atom is -0.334 e. The fourth-order valence-electron chi connectivity index (χ4n) is 2.27. The number of benzene rings is 1. The molecular formula is C18H18N4O2. The lowest BCUT2D eigenvalue weighted by Gasteiger charge is -2.08. The second-order valence-corrected chi connectivity index (χ2v) is 5.36. The van der Waals surface area contributed by atoms with Crippen molar-refractivity contribution in [3.63, 3.8) is 0 Å². The molecule has 0 aliphatic carbocycles. The van der Waals surface area contributed by atoms with Crippen LogP contribution in [-0.4, -0.2) is 21.0 Å². The zero-order valence-corrected chi connectivity index (χ0v) is 13.4. The van der Waals surface area contributed by atoms with Crippen LogP contribution in [0.15, 0.2) is 53.3 Å². The normalized spacial score (nSPS) is 10.5. The number of nitrogens with one attached hydrogen (secondary N) is 1. The number of aromatic nitrogens is 3. The van der Waals surface area contributed by atoms with Gasteiger partial charge in [0, 0.05) is 24.4 Å². The number of hydrogen-bond donors (Lipinski definition) is 1. The molecule has 0 fully saturated rings. The number of nitrogens with zero attached hydrogens (tertiary/aromatic N) is 3. The molecule has 0 radical (unpaired) electrons.